The Morgan fingerprint density at radius 1 is 1.14 bits per heavy atom. The number of aromatic amines is 1. The molecule has 1 rings (SSSR count). The predicted octanol–water partition coefficient (Wildman–Crippen LogP) is 0.726. The zero-order chi connectivity index (χ0) is 21.9. The minimum atomic E-state index is -0.995. The predicted molar refractivity (Wildman–Crippen MR) is 102 cm³/mol. The number of H-pyrrole nitrogens is 1. The van der Waals surface area contributed by atoms with Crippen molar-refractivity contribution in [2.45, 2.75) is 64.5 Å². The van der Waals surface area contributed by atoms with Gasteiger partial charge in [0, 0.05) is 31.2 Å². The average molecular weight is 411 g/mol. The van der Waals surface area contributed by atoms with Crippen LogP contribution in [0.25, 0.3) is 0 Å². The van der Waals surface area contributed by atoms with E-state index in [4.69, 9.17) is 4.74 Å². The number of rotatable bonds is 9. The minimum absolute atomic E-state index is 0.125. The summed E-state index contributed by atoms with van der Waals surface area (Å²) in [5, 5.41) is 2.48. The molecule has 0 spiro atoms. The van der Waals surface area contributed by atoms with Crippen LogP contribution in [-0.4, -0.2) is 52.6 Å². The Labute approximate surface area is 169 Å². The van der Waals surface area contributed by atoms with E-state index >= 15 is 0 Å². The first-order chi connectivity index (χ1) is 13.6. The van der Waals surface area contributed by atoms with Crippen LogP contribution < -0.4 is 16.2 Å². The largest absolute Gasteiger partial charge is 0.469 e. The Morgan fingerprint density at radius 3 is 2.41 bits per heavy atom. The summed E-state index contributed by atoms with van der Waals surface area (Å²) in [6.45, 7) is 5.12. The molecule has 0 radical (unpaired) electrons. The van der Waals surface area contributed by atoms with Crippen LogP contribution >= 0.6 is 0 Å². The molecule has 0 aromatic carbocycles. The maximum Gasteiger partial charge on any atom is 0.408 e. The van der Waals surface area contributed by atoms with Gasteiger partial charge in [-0.15, -0.1) is 0 Å². The number of hydrogen-bond acceptors (Lipinski definition) is 7. The first-order valence-electron chi connectivity index (χ1n) is 9.23. The van der Waals surface area contributed by atoms with Gasteiger partial charge in [-0.1, -0.05) is 0 Å². The number of hydrogen-bond donors (Lipinski definition) is 4. The Balaban J connectivity index is 2.52. The molecule has 1 aromatic rings. The molecule has 1 aromatic heterocycles. The first kappa shape index (κ1) is 23.9. The molecule has 0 bridgehead atoms. The number of aromatic nitrogens is 2. The van der Waals surface area contributed by atoms with Gasteiger partial charge >= 0.3 is 12.1 Å². The summed E-state index contributed by atoms with van der Waals surface area (Å²) in [6, 6.07) is -0.995. The topological polar surface area (TPSA) is 152 Å². The number of nitrogens with zero attached hydrogens (tertiary/aromatic N) is 1. The van der Waals surface area contributed by atoms with Gasteiger partial charge in [-0.2, -0.15) is 0 Å². The molecule has 3 amide bonds. The Kier molecular flexibility index (Phi) is 9.63. The molecule has 0 fully saturated rings. The molecule has 11 nitrogen and oxygen atoms in total. The second-order valence-corrected chi connectivity index (χ2v) is 7.30. The number of alkyl carbamates (subject to hydrolysis) is 1. The number of hydrazine groups is 1. The molecular formula is C18H29N5O6. The highest BCUT2D eigenvalue weighted by Crippen LogP contribution is 2.08. The van der Waals surface area contributed by atoms with E-state index in [0.717, 1.165) is 0 Å². The quantitative estimate of drug-likeness (QED) is 0.265. The van der Waals surface area contributed by atoms with Crippen molar-refractivity contribution in [1.29, 1.82) is 0 Å². The fraction of sp³-hybridized carbons (Fsp3) is 0.611. The molecule has 1 atom stereocenters. The lowest BCUT2D eigenvalue weighted by Crippen LogP contribution is -2.53. The van der Waals surface area contributed by atoms with E-state index < -0.39 is 29.6 Å². The smallest absolute Gasteiger partial charge is 0.408 e. The highest BCUT2D eigenvalue weighted by molar-refractivity contribution is 5.88. The van der Waals surface area contributed by atoms with Crippen molar-refractivity contribution in [2.75, 3.05) is 7.11 Å². The van der Waals surface area contributed by atoms with Crippen LogP contribution in [0.15, 0.2) is 12.5 Å². The summed E-state index contributed by atoms with van der Waals surface area (Å²) in [6.07, 6.45) is 3.65. The van der Waals surface area contributed by atoms with Gasteiger partial charge in [0.25, 0.3) is 5.91 Å². The number of methoxy groups -OCH3 is 1. The summed E-state index contributed by atoms with van der Waals surface area (Å²) in [4.78, 5) is 54.1. The zero-order valence-electron chi connectivity index (χ0n) is 17.2. The number of unbranched alkanes of at least 4 members (excludes halogenated alkanes) is 1. The number of carbonyl (C=O) groups is 4. The standard InChI is InChI=1S/C18H29N5O6/c1-18(2,3)29-17(27)21-13(9-12-10-19-11-20-12)16(26)23-22-14(24)7-5-6-8-15(25)28-4/h10-11,13H,5-9H2,1-4H3,(H,19,20)(H,21,27)(H,22,24)(H,23,26). The average Bonchev–Trinajstić information content (AvgIpc) is 3.14. The molecule has 0 saturated carbocycles. The fourth-order valence-electron chi connectivity index (χ4n) is 2.21. The third kappa shape index (κ3) is 10.7. The van der Waals surface area contributed by atoms with Gasteiger partial charge in [-0.25, -0.2) is 9.78 Å². The van der Waals surface area contributed by atoms with Crippen molar-refractivity contribution in [2.24, 2.45) is 0 Å². The van der Waals surface area contributed by atoms with E-state index in [0.29, 0.717) is 18.5 Å². The normalized spacial score (nSPS) is 11.9. The van der Waals surface area contributed by atoms with Crippen LogP contribution in [0.2, 0.25) is 0 Å². The molecule has 29 heavy (non-hydrogen) atoms. The number of esters is 1. The van der Waals surface area contributed by atoms with Crippen LogP contribution in [-0.2, 0) is 30.3 Å². The maximum absolute atomic E-state index is 12.4. The van der Waals surface area contributed by atoms with Crippen LogP contribution in [0.3, 0.4) is 0 Å². The van der Waals surface area contributed by atoms with Gasteiger partial charge in [-0.3, -0.25) is 25.2 Å². The monoisotopic (exact) mass is 411 g/mol. The molecule has 4 N–H and O–H groups in total. The second kappa shape index (κ2) is 11.7. The molecular weight excluding hydrogens is 382 g/mol. The fourth-order valence-corrected chi connectivity index (χ4v) is 2.21. The van der Waals surface area contributed by atoms with E-state index in [-0.39, 0.29) is 25.2 Å². The SMILES string of the molecule is COC(=O)CCCCC(=O)NNC(=O)C(Cc1cnc[nH]1)NC(=O)OC(C)(C)C. The van der Waals surface area contributed by atoms with Gasteiger partial charge < -0.3 is 19.8 Å². The van der Waals surface area contributed by atoms with Crippen LogP contribution in [0.1, 0.15) is 52.1 Å². The van der Waals surface area contributed by atoms with Crippen LogP contribution in [0.5, 0.6) is 0 Å². The summed E-state index contributed by atoms with van der Waals surface area (Å²) < 4.78 is 9.70. The summed E-state index contributed by atoms with van der Waals surface area (Å²) in [5.74, 6) is -1.37. The summed E-state index contributed by atoms with van der Waals surface area (Å²) in [5.41, 5.74) is 4.48. The van der Waals surface area contributed by atoms with Crippen molar-refractivity contribution in [3.8, 4) is 0 Å². The molecule has 0 aliphatic rings. The molecule has 11 heteroatoms. The van der Waals surface area contributed by atoms with E-state index in [9.17, 15) is 19.2 Å². The molecule has 1 unspecified atom stereocenters. The number of amides is 3. The Morgan fingerprint density at radius 2 is 1.83 bits per heavy atom. The highest BCUT2D eigenvalue weighted by Gasteiger charge is 2.25. The first-order valence-corrected chi connectivity index (χ1v) is 9.23. The molecule has 162 valence electrons. The Bertz CT molecular complexity index is 683. The van der Waals surface area contributed by atoms with E-state index in [1.54, 1.807) is 20.8 Å². The molecule has 1 heterocycles. The molecule has 0 saturated heterocycles. The van der Waals surface area contributed by atoms with Gasteiger partial charge in [0.15, 0.2) is 0 Å². The third-order valence-corrected chi connectivity index (χ3v) is 3.57. The van der Waals surface area contributed by atoms with E-state index in [1.807, 2.05) is 0 Å². The van der Waals surface area contributed by atoms with Crippen LogP contribution in [0.4, 0.5) is 4.79 Å². The lowest BCUT2D eigenvalue weighted by atomic mass is 10.1. The molecule has 0 aliphatic carbocycles. The minimum Gasteiger partial charge on any atom is -0.469 e. The van der Waals surface area contributed by atoms with Crippen molar-refractivity contribution < 1.29 is 28.7 Å². The van der Waals surface area contributed by atoms with Gasteiger partial charge in [0.1, 0.15) is 11.6 Å². The van der Waals surface area contributed by atoms with Gasteiger partial charge in [-0.05, 0) is 33.6 Å². The van der Waals surface area contributed by atoms with Gasteiger partial charge in [0.2, 0.25) is 5.91 Å². The zero-order valence-corrected chi connectivity index (χ0v) is 17.2. The summed E-state index contributed by atoms with van der Waals surface area (Å²) in [7, 11) is 1.30. The number of carbonyl (C=O) groups excluding carboxylic acids is 4. The Hall–Kier alpha value is -3.11. The molecule has 0 aliphatic heterocycles. The second-order valence-electron chi connectivity index (χ2n) is 7.30. The van der Waals surface area contributed by atoms with Crippen molar-refractivity contribution in [1.82, 2.24) is 26.1 Å². The van der Waals surface area contributed by atoms with E-state index in [2.05, 4.69) is 30.9 Å². The summed E-state index contributed by atoms with van der Waals surface area (Å²) >= 11 is 0. The lowest BCUT2D eigenvalue weighted by Gasteiger charge is -2.23. The van der Waals surface area contributed by atoms with Gasteiger partial charge in [0.05, 0.1) is 13.4 Å². The number of ether oxygens (including phenoxy) is 2. The third-order valence-electron chi connectivity index (χ3n) is 3.57. The number of imidazole rings is 1. The van der Waals surface area contributed by atoms with Crippen LogP contribution in [0, 0.1) is 0 Å². The highest BCUT2D eigenvalue weighted by atomic mass is 16.6. The van der Waals surface area contributed by atoms with Crippen molar-refractivity contribution in [3.05, 3.63) is 18.2 Å². The maximum atomic E-state index is 12.4. The van der Waals surface area contributed by atoms with E-state index in [1.165, 1.54) is 19.6 Å². The van der Waals surface area contributed by atoms with Crippen molar-refractivity contribution >= 4 is 23.9 Å². The number of nitrogens with one attached hydrogen (secondary N) is 4. The van der Waals surface area contributed by atoms with Crippen molar-refractivity contribution in [3.63, 3.8) is 0 Å². The lowest BCUT2D eigenvalue weighted by molar-refractivity contribution is -0.140.